The summed E-state index contributed by atoms with van der Waals surface area (Å²) in [6.07, 6.45) is 3.41. The second-order valence-electron chi connectivity index (χ2n) is 1.81. The van der Waals surface area contributed by atoms with Gasteiger partial charge in [-0.1, -0.05) is 13.8 Å². The molecular weight excluding hydrogens is 193 g/mol. The molecule has 2 atom stereocenters. The first-order valence-electron chi connectivity index (χ1n) is 2.47. The zero-order valence-electron chi connectivity index (χ0n) is 5.55. The molecule has 1 radical (unpaired) electrons. The van der Waals surface area contributed by atoms with E-state index >= 15 is 0 Å². The molecule has 2 nitrogen and oxygen atoms in total. The van der Waals surface area contributed by atoms with Gasteiger partial charge < -0.3 is 9.59 Å². The summed E-state index contributed by atoms with van der Waals surface area (Å²) in [7, 11) is 0. The van der Waals surface area contributed by atoms with Gasteiger partial charge in [0.2, 0.25) is 0 Å². The summed E-state index contributed by atoms with van der Waals surface area (Å²) < 4.78 is 0. The van der Waals surface area contributed by atoms with E-state index in [1.54, 1.807) is 26.4 Å². The Kier molecular flexibility index (Phi) is 8.86. The van der Waals surface area contributed by atoms with Crippen LogP contribution in [0.3, 0.4) is 0 Å². The Bertz CT molecular complexity index is 81.1. The molecule has 2 unspecified atom stereocenters. The zero-order valence-corrected chi connectivity index (χ0v) is 8.39. The van der Waals surface area contributed by atoms with Gasteiger partial charge >= 0.3 is 0 Å². The molecule has 0 aromatic heterocycles. The summed E-state index contributed by atoms with van der Waals surface area (Å²) in [5, 5.41) is 0. The van der Waals surface area contributed by atoms with Crippen LogP contribution < -0.4 is 0 Å². The quantitative estimate of drug-likeness (QED) is 0.622. The summed E-state index contributed by atoms with van der Waals surface area (Å²) in [4.78, 5) is 19.6. The second-order valence-corrected chi connectivity index (χ2v) is 1.81. The normalized spacial score (nSPS) is 14.9. The van der Waals surface area contributed by atoms with E-state index in [-0.39, 0.29) is 44.5 Å². The third-order valence-corrected chi connectivity index (χ3v) is 1.12. The number of carbonyl (C=O) groups excluding carboxylic acids is 2. The van der Waals surface area contributed by atoms with Crippen LogP contribution in [0.1, 0.15) is 13.8 Å². The molecule has 0 amide bonds. The summed E-state index contributed by atoms with van der Waals surface area (Å²) in [5.41, 5.74) is 0. The van der Waals surface area contributed by atoms with Crippen LogP contribution in [0.5, 0.6) is 0 Å². The van der Waals surface area contributed by atoms with Crippen molar-refractivity contribution in [2.24, 2.45) is 11.8 Å². The van der Waals surface area contributed by atoms with Crippen molar-refractivity contribution < 1.29 is 42.3 Å². The predicted molar refractivity (Wildman–Crippen MR) is 29.7 cm³/mol. The van der Waals surface area contributed by atoms with Crippen LogP contribution in [0.15, 0.2) is 0 Å². The minimum atomic E-state index is -0.313. The monoisotopic (exact) mass is 201 g/mol. The van der Waals surface area contributed by atoms with E-state index in [1.807, 2.05) is 0 Å². The Morgan fingerprint density at radius 2 is 1.22 bits per heavy atom. The third kappa shape index (κ3) is 4.92. The first kappa shape index (κ1) is 12.2. The molecule has 0 saturated carbocycles. The summed E-state index contributed by atoms with van der Waals surface area (Å²) in [6, 6.07) is 0. The smallest absolute Gasteiger partial charge is 0 e. The number of rotatable bonds is 3. The molecule has 0 N–H and O–H groups in total. The van der Waals surface area contributed by atoms with Crippen LogP contribution in [-0.4, -0.2) is 12.6 Å². The van der Waals surface area contributed by atoms with Crippen molar-refractivity contribution in [3.05, 3.63) is 0 Å². The summed E-state index contributed by atoms with van der Waals surface area (Å²) in [5.74, 6) is -0.625. The molecule has 0 rings (SSSR count). The van der Waals surface area contributed by atoms with E-state index in [0.717, 1.165) is 0 Å². The van der Waals surface area contributed by atoms with Crippen LogP contribution in [0.25, 0.3) is 0 Å². The van der Waals surface area contributed by atoms with Crippen molar-refractivity contribution in [1.82, 2.24) is 0 Å². The zero-order chi connectivity index (χ0) is 6.57. The molecule has 9 heavy (non-hydrogen) atoms. The second kappa shape index (κ2) is 6.56. The van der Waals surface area contributed by atoms with Crippen molar-refractivity contribution in [2.75, 3.05) is 0 Å². The van der Waals surface area contributed by atoms with Crippen LogP contribution in [-0.2, 0) is 42.3 Å². The van der Waals surface area contributed by atoms with Gasteiger partial charge in [-0.2, -0.15) is 11.8 Å². The molecule has 0 aromatic carbocycles. The van der Waals surface area contributed by atoms with E-state index in [2.05, 4.69) is 0 Å². The Hall–Kier alpha value is 0.444. The van der Waals surface area contributed by atoms with Crippen molar-refractivity contribution in [1.29, 1.82) is 0 Å². The topological polar surface area (TPSA) is 34.1 Å². The molecule has 0 aliphatic rings. The molecular formula is C6H8O2Y-2. The van der Waals surface area contributed by atoms with Gasteiger partial charge in [0.1, 0.15) is 0 Å². The van der Waals surface area contributed by atoms with Crippen molar-refractivity contribution in [3.63, 3.8) is 0 Å². The number of hydrogen-bond donors (Lipinski definition) is 0. The Labute approximate surface area is 80.3 Å². The average Bonchev–Trinajstić information content (AvgIpc) is 1.84. The minimum Gasteiger partial charge on any atom is -0.542 e. The van der Waals surface area contributed by atoms with Gasteiger partial charge in [0.05, 0.1) is 0 Å². The molecule has 49 valence electrons. The Morgan fingerprint density at radius 1 is 1.00 bits per heavy atom. The summed E-state index contributed by atoms with van der Waals surface area (Å²) in [6.45, 7) is 3.28. The van der Waals surface area contributed by atoms with E-state index < -0.39 is 0 Å². The molecule has 0 aliphatic carbocycles. The summed E-state index contributed by atoms with van der Waals surface area (Å²) >= 11 is 0. The SMILES string of the molecule is CC([C-]=O)C(C)[C-]=O.[Y]. The van der Waals surface area contributed by atoms with Gasteiger partial charge in [-0.15, -0.1) is 0 Å². The fraction of sp³-hybridized carbons (Fsp3) is 0.667. The minimum absolute atomic E-state index is 0. The standard InChI is InChI=1S/C6H8O2.Y/c1-5(3-7)6(2)4-8;/h5-6H,1-2H3;/q-2;. The maximum absolute atomic E-state index is 9.80. The van der Waals surface area contributed by atoms with Crippen LogP contribution in [0.4, 0.5) is 0 Å². The average molecular weight is 201 g/mol. The van der Waals surface area contributed by atoms with Gasteiger partial charge in [-0.25, -0.2) is 0 Å². The first-order valence-corrected chi connectivity index (χ1v) is 2.47. The van der Waals surface area contributed by atoms with Gasteiger partial charge in [0, 0.05) is 32.7 Å². The van der Waals surface area contributed by atoms with E-state index in [4.69, 9.17) is 0 Å². The molecule has 0 spiro atoms. The molecule has 3 heteroatoms. The Balaban J connectivity index is 0. The maximum Gasteiger partial charge on any atom is 0 e. The largest absolute Gasteiger partial charge is 0.542 e. The van der Waals surface area contributed by atoms with Crippen molar-refractivity contribution in [3.8, 4) is 0 Å². The molecule has 0 bridgehead atoms. The third-order valence-electron chi connectivity index (χ3n) is 1.12. The fourth-order valence-corrected chi connectivity index (χ4v) is 0.204. The molecule has 0 fully saturated rings. The predicted octanol–water partition coefficient (Wildman–Crippen LogP) is 0.476. The van der Waals surface area contributed by atoms with E-state index in [9.17, 15) is 9.59 Å². The van der Waals surface area contributed by atoms with Crippen molar-refractivity contribution in [2.45, 2.75) is 13.8 Å². The van der Waals surface area contributed by atoms with Gasteiger partial charge in [-0.3, -0.25) is 12.6 Å². The number of hydrogen-bond acceptors (Lipinski definition) is 2. The molecule has 0 saturated heterocycles. The van der Waals surface area contributed by atoms with Crippen LogP contribution >= 0.6 is 0 Å². The first-order chi connectivity index (χ1) is 3.72. The molecule has 0 aliphatic heterocycles. The van der Waals surface area contributed by atoms with E-state index in [1.165, 1.54) is 0 Å². The molecule has 0 aromatic rings. The van der Waals surface area contributed by atoms with Crippen LogP contribution in [0, 0.1) is 11.8 Å². The van der Waals surface area contributed by atoms with E-state index in [0.29, 0.717) is 0 Å². The van der Waals surface area contributed by atoms with Crippen LogP contribution in [0.2, 0.25) is 0 Å². The van der Waals surface area contributed by atoms with Gasteiger partial charge in [-0.05, 0) is 0 Å². The van der Waals surface area contributed by atoms with Gasteiger partial charge in [0.15, 0.2) is 0 Å². The fourth-order valence-electron chi connectivity index (χ4n) is 0.204. The Morgan fingerprint density at radius 3 is 1.33 bits per heavy atom. The van der Waals surface area contributed by atoms with Gasteiger partial charge in [0.25, 0.3) is 0 Å². The molecule has 0 heterocycles. The van der Waals surface area contributed by atoms with Crippen molar-refractivity contribution >= 4 is 12.6 Å². The maximum atomic E-state index is 9.80.